The first-order valence-electron chi connectivity index (χ1n) is 9.16. The summed E-state index contributed by atoms with van der Waals surface area (Å²) in [4.78, 5) is 43.2. The van der Waals surface area contributed by atoms with Crippen LogP contribution in [0.2, 0.25) is 0 Å². The van der Waals surface area contributed by atoms with Gasteiger partial charge in [0.15, 0.2) is 5.13 Å². The average Bonchev–Trinajstić information content (AvgIpc) is 3.46. The number of allylic oxidation sites excluding steroid dienone is 2. The summed E-state index contributed by atoms with van der Waals surface area (Å²) in [6.07, 6.45) is 9.77. The maximum Gasteiger partial charge on any atom is 0.250 e. The molecular weight excluding hydrogens is 374 g/mol. The lowest BCUT2D eigenvalue weighted by atomic mass is 9.85. The van der Waals surface area contributed by atoms with Crippen LogP contribution < -0.4 is 10.2 Å². The molecule has 0 unspecified atom stereocenters. The van der Waals surface area contributed by atoms with Gasteiger partial charge in [0, 0.05) is 17.7 Å². The van der Waals surface area contributed by atoms with E-state index in [1.807, 2.05) is 6.07 Å². The van der Waals surface area contributed by atoms with E-state index in [9.17, 15) is 14.4 Å². The molecule has 1 saturated carbocycles. The number of nitrogens with zero attached hydrogens (tertiary/aromatic N) is 2. The summed E-state index contributed by atoms with van der Waals surface area (Å²) in [5.41, 5.74) is 1.30. The van der Waals surface area contributed by atoms with Gasteiger partial charge in [-0.05, 0) is 42.0 Å². The number of fused-ring (bicyclic) bond motifs is 5. The molecule has 2 bridgehead atoms. The van der Waals surface area contributed by atoms with E-state index in [0.717, 1.165) is 12.0 Å². The van der Waals surface area contributed by atoms with Crippen molar-refractivity contribution >= 4 is 46.0 Å². The molecule has 1 aromatic heterocycles. The SMILES string of the molecule is O=C(/C=C/c1cccc(N2C(=O)[C@@H]3[C@H](C2=O)[C@@H]2C=C[C@H]3C2)c1)Nc1nccs1. The number of anilines is 2. The van der Waals surface area contributed by atoms with Crippen LogP contribution in [0.25, 0.3) is 6.08 Å². The number of aromatic nitrogens is 1. The number of hydrogen-bond donors (Lipinski definition) is 1. The molecule has 28 heavy (non-hydrogen) atoms. The molecule has 7 heteroatoms. The van der Waals surface area contributed by atoms with Gasteiger partial charge in [0.05, 0.1) is 17.5 Å². The Bertz CT molecular complexity index is 997. The lowest BCUT2D eigenvalue weighted by Gasteiger charge is -2.17. The number of amides is 3. The number of carbonyl (C=O) groups excluding carboxylic acids is 3. The molecule has 4 atom stereocenters. The minimum absolute atomic E-state index is 0.102. The Morgan fingerprint density at radius 3 is 2.61 bits per heavy atom. The van der Waals surface area contributed by atoms with Crippen molar-refractivity contribution in [1.82, 2.24) is 4.98 Å². The van der Waals surface area contributed by atoms with E-state index < -0.39 is 0 Å². The van der Waals surface area contributed by atoms with E-state index >= 15 is 0 Å². The Kier molecular flexibility index (Phi) is 3.98. The maximum atomic E-state index is 12.9. The standard InChI is InChI=1S/C21H17N3O3S/c25-16(23-21-22-8-9-28-21)7-4-12-2-1-3-15(10-12)24-19(26)17-13-5-6-14(11-13)18(17)20(24)27/h1-10,13-14,17-18H,11H2,(H,22,23,25)/b7-4+/t13-,14+,17-,18+. The Hall–Kier alpha value is -3.06. The van der Waals surface area contributed by atoms with Crippen molar-refractivity contribution in [2.75, 3.05) is 10.2 Å². The van der Waals surface area contributed by atoms with Crippen molar-refractivity contribution in [3.63, 3.8) is 0 Å². The molecular formula is C21H17N3O3S. The molecule has 0 spiro atoms. The summed E-state index contributed by atoms with van der Waals surface area (Å²) >= 11 is 1.34. The molecule has 2 heterocycles. The van der Waals surface area contributed by atoms with Crippen LogP contribution in [0.15, 0.2) is 54.1 Å². The van der Waals surface area contributed by atoms with E-state index in [0.29, 0.717) is 10.8 Å². The van der Waals surface area contributed by atoms with Gasteiger partial charge >= 0.3 is 0 Å². The zero-order valence-corrected chi connectivity index (χ0v) is 15.6. The summed E-state index contributed by atoms with van der Waals surface area (Å²) in [5, 5.41) is 4.99. The largest absolute Gasteiger partial charge is 0.298 e. The van der Waals surface area contributed by atoms with Gasteiger partial charge in [-0.3, -0.25) is 19.7 Å². The molecule has 5 rings (SSSR count). The normalized spacial score (nSPS) is 27.8. The van der Waals surface area contributed by atoms with Crippen molar-refractivity contribution in [3.05, 3.63) is 59.6 Å². The monoisotopic (exact) mass is 391 g/mol. The van der Waals surface area contributed by atoms with E-state index in [1.165, 1.54) is 22.3 Å². The molecule has 1 aromatic carbocycles. The van der Waals surface area contributed by atoms with Crippen LogP contribution in [0.1, 0.15) is 12.0 Å². The van der Waals surface area contributed by atoms with Crippen molar-refractivity contribution in [2.45, 2.75) is 6.42 Å². The fourth-order valence-electron chi connectivity index (χ4n) is 4.53. The van der Waals surface area contributed by atoms with Crippen LogP contribution >= 0.6 is 11.3 Å². The third-order valence-electron chi connectivity index (χ3n) is 5.69. The number of carbonyl (C=O) groups is 3. The van der Waals surface area contributed by atoms with Crippen LogP contribution in [0.3, 0.4) is 0 Å². The first-order valence-corrected chi connectivity index (χ1v) is 10.0. The minimum Gasteiger partial charge on any atom is -0.298 e. The van der Waals surface area contributed by atoms with Gasteiger partial charge in [0.25, 0.3) is 0 Å². The molecule has 2 fully saturated rings. The molecule has 2 aliphatic carbocycles. The Morgan fingerprint density at radius 1 is 1.18 bits per heavy atom. The van der Waals surface area contributed by atoms with Crippen molar-refractivity contribution in [2.24, 2.45) is 23.7 Å². The molecule has 2 aromatic rings. The number of benzene rings is 1. The third-order valence-corrected chi connectivity index (χ3v) is 6.38. The number of thiazole rings is 1. The Balaban J connectivity index is 1.35. The lowest BCUT2D eigenvalue weighted by Crippen LogP contribution is -2.32. The molecule has 3 amide bonds. The van der Waals surface area contributed by atoms with Gasteiger partial charge in [0.1, 0.15) is 0 Å². The first-order chi connectivity index (χ1) is 13.6. The fraction of sp³-hybridized carbons (Fsp3) is 0.238. The summed E-state index contributed by atoms with van der Waals surface area (Å²) in [6.45, 7) is 0. The highest BCUT2D eigenvalue weighted by Gasteiger charge is 2.59. The Labute approximate surface area is 165 Å². The zero-order chi connectivity index (χ0) is 19.3. The van der Waals surface area contributed by atoms with Crippen LogP contribution in [-0.4, -0.2) is 22.7 Å². The highest BCUT2D eigenvalue weighted by atomic mass is 32.1. The molecule has 0 radical (unpaired) electrons. The van der Waals surface area contributed by atoms with Crippen LogP contribution in [0.5, 0.6) is 0 Å². The second-order valence-corrected chi connectivity index (χ2v) is 8.16. The molecule has 1 aliphatic heterocycles. The predicted octanol–water partition coefficient (Wildman–Crippen LogP) is 3.11. The van der Waals surface area contributed by atoms with E-state index in [2.05, 4.69) is 22.5 Å². The number of hydrogen-bond acceptors (Lipinski definition) is 5. The van der Waals surface area contributed by atoms with Crippen LogP contribution in [0.4, 0.5) is 10.8 Å². The van der Waals surface area contributed by atoms with Gasteiger partial charge in [-0.2, -0.15) is 0 Å². The van der Waals surface area contributed by atoms with Gasteiger partial charge in [-0.15, -0.1) is 11.3 Å². The second-order valence-electron chi connectivity index (χ2n) is 7.27. The van der Waals surface area contributed by atoms with E-state index in [4.69, 9.17) is 0 Å². The molecule has 1 saturated heterocycles. The summed E-state index contributed by atoms with van der Waals surface area (Å²) in [6, 6.07) is 7.14. The molecule has 3 aliphatic rings. The average molecular weight is 391 g/mol. The van der Waals surface area contributed by atoms with Crippen molar-refractivity contribution in [1.29, 1.82) is 0 Å². The highest BCUT2D eigenvalue weighted by Crippen LogP contribution is 2.53. The third kappa shape index (κ3) is 2.70. The predicted molar refractivity (Wildman–Crippen MR) is 106 cm³/mol. The zero-order valence-electron chi connectivity index (χ0n) is 14.8. The molecule has 6 nitrogen and oxygen atoms in total. The molecule has 1 N–H and O–H groups in total. The number of rotatable bonds is 4. The van der Waals surface area contributed by atoms with Gasteiger partial charge in [0.2, 0.25) is 17.7 Å². The summed E-state index contributed by atoms with van der Waals surface area (Å²) in [5.74, 6) is -0.547. The quantitative estimate of drug-likeness (QED) is 0.493. The second kappa shape index (κ2) is 6.53. The topological polar surface area (TPSA) is 79.4 Å². The summed E-state index contributed by atoms with van der Waals surface area (Å²) < 4.78 is 0. The first kappa shape index (κ1) is 17.1. The van der Waals surface area contributed by atoms with Crippen molar-refractivity contribution in [3.8, 4) is 0 Å². The fourth-order valence-corrected chi connectivity index (χ4v) is 5.06. The van der Waals surface area contributed by atoms with Crippen LogP contribution in [0, 0.1) is 23.7 Å². The highest BCUT2D eigenvalue weighted by molar-refractivity contribution is 7.13. The lowest BCUT2D eigenvalue weighted by molar-refractivity contribution is -0.123. The van der Waals surface area contributed by atoms with Crippen LogP contribution in [-0.2, 0) is 14.4 Å². The minimum atomic E-state index is -0.286. The molecule has 140 valence electrons. The van der Waals surface area contributed by atoms with Gasteiger partial charge < -0.3 is 0 Å². The smallest absolute Gasteiger partial charge is 0.250 e. The van der Waals surface area contributed by atoms with Gasteiger partial charge in [-0.25, -0.2) is 9.88 Å². The maximum absolute atomic E-state index is 12.9. The van der Waals surface area contributed by atoms with E-state index in [-0.39, 0.29) is 41.4 Å². The Morgan fingerprint density at radius 2 is 1.93 bits per heavy atom. The van der Waals surface area contributed by atoms with Crippen molar-refractivity contribution < 1.29 is 14.4 Å². The number of imide groups is 1. The summed E-state index contributed by atoms with van der Waals surface area (Å²) in [7, 11) is 0. The van der Waals surface area contributed by atoms with E-state index in [1.54, 1.807) is 35.9 Å². The van der Waals surface area contributed by atoms with Gasteiger partial charge in [-0.1, -0.05) is 24.3 Å². The number of nitrogens with one attached hydrogen (secondary N) is 1.